The molecule has 0 bridgehead atoms. The number of aromatic nitrogens is 1. The second-order valence-corrected chi connectivity index (χ2v) is 7.94. The van der Waals surface area contributed by atoms with Crippen molar-refractivity contribution >= 4 is 34.7 Å². The number of ether oxygens (including phenoxy) is 2. The van der Waals surface area contributed by atoms with Crippen molar-refractivity contribution in [1.29, 1.82) is 0 Å². The molecule has 2 rings (SSSR count). The smallest absolute Gasteiger partial charge is 0.413 e. The van der Waals surface area contributed by atoms with Crippen LogP contribution in [-0.2, 0) is 16.1 Å². The van der Waals surface area contributed by atoms with Gasteiger partial charge in [0.2, 0.25) is 0 Å². The van der Waals surface area contributed by atoms with Gasteiger partial charge in [-0.3, -0.25) is 5.32 Å². The van der Waals surface area contributed by atoms with Gasteiger partial charge < -0.3 is 14.8 Å². The zero-order chi connectivity index (χ0) is 20.4. The molecule has 0 saturated carbocycles. The number of alkyl carbamates (subject to hydrolysis) is 1. The van der Waals surface area contributed by atoms with Crippen molar-refractivity contribution in [3.63, 3.8) is 0 Å². The van der Waals surface area contributed by atoms with Crippen molar-refractivity contribution in [1.82, 2.24) is 10.3 Å². The minimum absolute atomic E-state index is 0.247. The molecule has 0 saturated heterocycles. The van der Waals surface area contributed by atoms with Gasteiger partial charge in [-0.15, -0.1) is 0 Å². The number of benzene rings is 1. The van der Waals surface area contributed by atoms with Crippen LogP contribution in [0.15, 0.2) is 42.6 Å². The second kappa shape index (κ2) is 10.5. The van der Waals surface area contributed by atoms with E-state index in [4.69, 9.17) is 9.47 Å². The van der Waals surface area contributed by atoms with Gasteiger partial charge >= 0.3 is 12.2 Å². The highest BCUT2D eigenvalue weighted by atomic mass is 32.1. The summed E-state index contributed by atoms with van der Waals surface area (Å²) < 4.78 is 10.3. The summed E-state index contributed by atoms with van der Waals surface area (Å²) in [6.45, 7) is 6.11. The number of carbonyl (C=O) groups is 2. The van der Waals surface area contributed by atoms with E-state index in [2.05, 4.69) is 15.6 Å². The first-order chi connectivity index (χ1) is 13.3. The largest absolute Gasteiger partial charge is 0.445 e. The number of rotatable bonds is 7. The first-order valence-electron chi connectivity index (χ1n) is 8.89. The van der Waals surface area contributed by atoms with E-state index in [1.54, 1.807) is 27.0 Å². The number of carbonyl (C=O) groups excluding carboxylic acids is 2. The van der Waals surface area contributed by atoms with E-state index < -0.39 is 17.8 Å². The molecule has 1 aromatic carbocycles. The predicted octanol–water partition coefficient (Wildman–Crippen LogP) is 4.82. The maximum atomic E-state index is 11.7. The lowest BCUT2D eigenvalue weighted by atomic mass is 10.2. The molecule has 2 aromatic rings. The number of thiazole rings is 1. The minimum Gasteiger partial charge on any atom is -0.445 e. The molecule has 0 aliphatic rings. The van der Waals surface area contributed by atoms with Gasteiger partial charge in [-0.1, -0.05) is 47.7 Å². The van der Waals surface area contributed by atoms with Gasteiger partial charge in [0.25, 0.3) is 0 Å². The Morgan fingerprint density at radius 2 is 1.93 bits per heavy atom. The van der Waals surface area contributed by atoms with Crippen LogP contribution in [0.5, 0.6) is 0 Å². The highest BCUT2D eigenvalue weighted by Gasteiger charge is 2.17. The lowest BCUT2D eigenvalue weighted by Crippen LogP contribution is -2.27. The number of nitrogens with zero attached hydrogens (tertiary/aromatic N) is 1. The average molecular weight is 404 g/mol. The Morgan fingerprint density at radius 1 is 1.18 bits per heavy atom. The monoisotopic (exact) mass is 403 g/mol. The number of anilines is 1. The van der Waals surface area contributed by atoms with Crippen molar-refractivity contribution in [2.24, 2.45) is 0 Å². The van der Waals surface area contributed by atoms with E-state index in [-0.39, 0.29) is 6.61 Å². The van der Waals surface area contributed by atoms with Crippen LogP contribution in [-0.4, -0.2) is 29.3 Å². The molecule has 0 spiro atoms. The van der Waals surface area contributed by atoms with Crippen LogP contribution in [0.1, 0.15) is 37.6 Å². The van der Waals surface area contributed by atoms with E-state index >= 15 is 0 Å². The van der Waals surface area contributed by atoms with Gasteiger partial charge in [-0.2, -0.15) is 0 Å². The van der Waals surface area contributed by atoms with E-state index in [1.165, 1.54) is 11.3 Å². The SMILES string of the molecule is CC(C)(C)OC(=O)Nc1ncc(C=CCCNC(=O)OCc2ccccc2)s1. The zero-order valence-electron chi connectivity index (χ0n) is 16.2. The van der Waals surface area contributed by atoms with E-state index in [0.29, 0.717) is 18.1 Å². The third-order valence-corrected chi connectivity index (χ3v) is 4.08. The summed E-state index contributed by atoms with van der Waals surface area (Å²) in [7, 11) is 0. The summed E-state index contributed by atoms with van der Waals surface area (Å²) >= 11 is 1.34. The molecular weight excluding hydrogens is 378 g/mol. The van der Waals surface area contributed by atoms with Crippen LogP contribution < -0.4 is 10.6 Å². The van der Waals surface area contributed by atoms with Gasteiger partial charge in [0, 0.05) is 17.6 Å². The first-order valence-corrected chi connectivity index (χ1v) is 9.70. The van der Waals surface area contributed by atoms with Crippen molar-refractivity contribution in [3.05, 3.63) is 53.0 Å². The molecule has 1 aromatic heterocycles. The molecule has 0 radical (unpaired) electrons. The quantitative estimate of drug-likeness (QED) is 0.647. The fourth-order valence-corrected chi connectivity index (χ4v) is 2.78. The van der Waals surface area contributed by atoms with Crippen molar-refractivity contribution in [3.8, 4) is 0 Å². The van der Waals surface area contributed by atoms with E-state index in [9.17, 15) is 9.59 Å². The molecule has 7 nitrogen and oxygen atoms in total. The summed E-state index contributed by atoms with van der Waals surface area (Å²) in [5, 5.41) is 5.76. The molecule has 0 unspecified atom stereocenters. The van der Waals surface area contributed by atoms with Crippen LogP contribution in [0.25, 0.3) is 6.08 Å². The summed E-state index contributed by atoms with van der Waals surface area (Å²) in [5.74, 6) is 0. The highest BCUT2D eigenvalue weighted by Crippen LogP contribution is 2.20. The lowest BCUT2D eigenvalue weighted by Gasteiger charge is -2.18. The predicted molar refractivity (Wildman–Crippen MR) is 110 cm³/mol. The van der Waals surface area contributed by atoms with Crippen molar-refractivity contribution < 1.29 is 19.1 Å². The van der Waals surface area contributed by atoms with Gasteiger partial charge in [-0.25, -0.2) is 14.6 Å². The molecule has 0 aliphatic carbocycles. The minimum atomic E-state index is -0.556. The second-order valence-electron chi connectivity index (χ2n) is 6.87. The topological polar surface area (TPSA) is 89.5 Å². The Kier molecular flexibility index (Phi) is 8.01. The molecule has 1 heterocycles. The molecule has 2 N–H and O–H groups in total. The third-order valence-electron chi connectivity index (χ3n) is 3.21. The number of nitrogens with one attached hydrogen (secondary N) is 2. The van der Waals surface area contributed by atoms with Crippen LogP contribution >= 0.6 is 11.3 Å². The Morgan fingerprint density at radius 3 is 2.64 bits per heavy atom. The number of hydrogen-bond donors (Lipinski definition) is 2. The Hall–Kier alpha value is -2.87. The lowest BCUT2D eigenvalue weighted by molar-refractivity contribution is 0.0636. The van der Waals surface area contributed by atoms with Gasteiger partial charge in [0.05, 0.1) is 0 Å². The van der Waals surface area contributed by atoms with Crippen LogP contribution in [0.3, 0.4) is 0 Å². The van der Waals surface area contributed by atoms with Crippen LogP contribution in [0.2, 0.25) is 0 Å². The van der Waals surface area contributed by atoms with Crippen LogP contribution in [0, 0.1) is 0 Å². The molecule has 0 atom stereocenters. The molecule has 0 aliphatic heterocycles. The van der Waals surface area contributed by atoms with Crippen LogP contribution in [0.4, 0.5) is 14.7 Å². The summed E-state index contributed by atoms with van der Waals surface area (Å²) in [5.41, 5.74) is 0.387. The molecular formula is C20H25N3O4S. The van der Waals surface area contributed by atoms with Crippen molar-refractivity contribution in [2.75, 3.05) is 11.9 Å². The zero-order valence-corrected chi connectivity index (χ0v) is 17.0. The van der Waals surface area contributed by atoms with E-state index in [0.717, 1.165) is 10.4 Å². The van der Waals surface area contributed by atoms with E-state index in [1.807, 2.05) is 42.5 Å². The molecule has 8 heteroatoms. The fourth-order valence-electron chi connectivity index (χ4n) is 2.04. The standard InChI is InChI=1S/C20H25N3O4S/c1-20(2,3)27-19(25)23-17-22-13-16(28-17)11-7-8-12-21-18(24)26-14-15-9-5-4-6-10-15/h4-7,9-11,13H,8,12,14H2,1-3H3,(H,21,24)(H,22,23,25). The average Bonchev–Trinajstić information content (AvgIpc) is 3.06. The summed E-state index contributed by atoms with van der Waals surface area (Å²) in [6.07, 6.45) is 5.13. The Labute approximate surface area is 168 Å². The fraction of sp³-hybridized carbons (Fsp3) is 0.350. The Balaban J connectivity index is 1.64. The maximum absolute atomic E-state index is 11.7. The molecule has 0 fully saturated rings. The number of hydrogen-bond acceptors (Lipinski definition) is 6. The van der Waals surface area contributed by atoms with Gasteiger partial charge in [-0.05, 0) is 38.8 Å². The van der Waals surface area contributed by atoms with Gasteiger partial charge in [0.1, 0.15) is 12.2 Å². The summed E-state index contributed by atoms with van der Waals surface area (Å²) in [4.78, 5) is 28.4. The Bertz CT molecular complexity index is 797. The van der Waals surface area contributed by atoms with Gasteiger partial charge in [0.15, 0.2) is 5.13 Å². The maximum Gasteiger partial charge on any atom is 0.413 e. The molecule has 2 amide bonds. The van der Waals surface area contributed by atoms with Crippen molar-refractivity contribution in [2.45, 2.75) is 39.4 Å². The third kappa shape index (κ3) is 8.68. The first kappa shape index (κ1) is 21.4. The normalized spacial score (nSPS) is 11.2. The molecule has 28 heavy (non-hydrogen) atoms. The molecule has 150 valence electrons. The number of amides is 2. The highest BCUT2D eigenvalue weighted by molar-refractivity contribution is 7.16. The summed E-state index contributed by atoms with van der Waals surface area (Å²) in [6, 6.07) is 9.51.